The van der Waals surface area contributed by atoms with Crippen molar-refractivity contribution in [3.05, 3.63) is 0 Å². The van der Waals surface area contributed by atoms with E-state index in [1.54, 1.807) is 0 Å². The average molecular weight is 294 g/mol. The molecule has 1 saturated carbocycles. The first-order chi connectivity index (χ1) is 10.2. The smallest absolute Gasteiger partial charge is 0.248 e. The Hall–Kier alpha value is -1.10. The molecule has 21 heavy (non-hydrogen) atoms. The quantitative estimate of drug-likeness (QED) is 0.860. The van der Waals surface area contributed by atoms with Crippen LogP contribution in [0.1, 0.15) is 57.8 Å². The normalized spacial score (nSPS) is 29.5. The van der Waals surface area contributed by atoms with Crippen LogP contribution in [0.15, 0.2) is 0 Å². The molecule has 1 spiro atoms. The average Bonchev–Trinajstić information content (AvgIpc) is 2.93. The zero-order chi connectivity index (χ0) is 14.7. The highest BCUT2D eigenvalue weighted by molar-refractivity contribution is 5.93. The molecular weight excluding hydrogens is 268 g/mol. The van der Waals surface area contributed by atoms with Crippen LogP contribution in [0, 0.1) is 0 Å². The summed E-state index contributed by atoms with van der Waals surface area (Å²) in [6, 6.07) is 0. The monoisotopic (exact) mass is 294 g/mol. The second-order valence-electron chi connectivity index (χ2n) is 6.66. The number of ether oxygens (including phenoxy) is 1. The van der Waals surface area contributed by atoms with Crippen molar-refractivity contribution in [1.82, 2.24) is 10.2 Å². The molecule has 1 N–H and O–H groups in total. The van der Waals surface area contributed by atoms with E-state index >= 15 is 0 Å². The summed E-state index contributed by atoms with van der Waals surface area (Å²) >= 11 is 0. The molecule has 118 valence electrons. The topological polar surface area (TPSA) is 58.6 Å². The number of nitrogens with zero attached hydrogens (tertiary/aromatic N) is 1. The molecular formula is C16H26N2O3. The van der Waals surface area contributed by atoms with Crippen molar-refractivity contribution in [3.63, 3.8) is 0 Å². The highest BCUT2D eigenvalue weighted by Crippen LogP contribution is 2.33. The molecule has 1 aliphatic carbocycles. The molecule has 3 aliphatic rings. The first-order valence-electron chi connectivity index (χ1n) is 8.42. The minimum atomic E-state index is -0.596. The molecule has 5 nitrogen and oxygen atoms in total. The molecule has 0 radical (unpaired) electrons. The predicted molar refractivity (Wildman–Crippen MR) is 78.7 cm³/mol. The molecule has 5 heteroatoms. The van der Waals surface area contributed by atoms with Gasteiger partial charge in [0.25, 0.3) is 0 Å². The third-order valence-corrected chi connectivity index (χ3v) is 5.14. The zero-order valence-corrected chi connectivity index (χ0v) is 12.7. The van der Waals surface area contributed by atoms with Gasteiger partial charge in [0.2, 0.25) is 11.8 Å². The van der Waals surface area contributed by atoms with Crippen molar-refractivity contribution >= 4 is 11.8 Å². The van der Waals surface area contributed by atoms with Crippen LogP contribution in [0.2, 0.25) is 0 Å². The van der Waals surface area contributed by atoms with E-state index in [0.29, 0.717) is 13.0 Å². The van der Waals surface area contributed by atoms with E-state index in [9.17, 15) is 9.59 Å². The molecule has 2 amide bonds. The zero-order valence-electron chi connectivity index (χ0n) is 12.7. The van der Waals surface area contributed by atoms with Gasteiger partial charge in [-0.25, -0.2) is 0 Å². The Morgan fingerprint density at radius 1 is 1.19 bits per heavy atom. The van der Waals surface area contributed by atoms with Gasteiger partial charge in [-0.1, -0.05) is 12.8 Å². The Labute approximate surface area is 126 Å². The maximum absolute atomic E-state index is 12.9. The minimum Gasteiger partial charge on any atom is -0.378 e. The summed E-state index contributed by atoms with van der Waals surface area (Å²) < 4.78 is 5.75. The molecule has 3 fully saturated rings. The summed E-state index contributed by atoms with van der Waals surface area (Å²) in [6.07, 6.45) is 8.76. The van der Waals surface area contributed by atoms with E-state index in [1.807, 2.05) is 4.90 Å². The van der Waals surface area contributed by atoms with Gasteiger partial charge in [0, 0.05) is 26.1 Å². The van der Waals surface area contributed by atoms with Crippen molar-refractivity contribution in [2.24, 2.45) is 0 Å². The number of carbonyl (C=O) groups is 2. The highest BCUT2D eigenvalue weighted by Gasteiger charge is 2.46. The molecule has 2 saturated heterocycles. The number of hydrogen-bond donors (Lipinski definition) is 1. The summed E-state index contributed by atoms with van der Waals surface area (Å²) in [6.45, 7) is 2.13. The maximum atomic E-state index is 12.9. The fourth-order valence-corrected chi connectivity index (χ4v) is 3.89. The van der Waals surface area contributed by atoms with Crippen LogP contribution in [0.5, 0.6) is 0 Å². The second kappa shape index (κ2) is 6.34. The molecule has 3 rings (SSSR count). The van der Waals surface area contributed by atoms with Gasteiger partial charge in [-0.2, -0.15) is 0 Å². The molecule has 0 aromatic carbocycles. The second-order valence-corrected chi connectivity index (χ2v) is 6.66. The van der Waals surface area contributed by atoms with Gasteiger partial charge in [0.05, 0.1) is 6.10 Å². The van der Waals surface area contributed by atoms with Crippen molar-refractivity contribution < 1.29 is 14.3 Å². The molecule has 2 heterocycles. The Morgan fingerprint density at radius 2 is 2.00 bits per heavy atom. The maximum Gasteiger partial charge on any atom is 0.248 e. The van der Waals surface area contributed by atoms with E-state index in [-0.39, 0.29) is 17.9 Å². The van der Waals surface area contributed by atoms with Gasteiger partial charge in [0.15, 0.2) is 0 Å². The van der Waals surface area contributed by atoms with Gasteiger partial charge in [-0.05, 0) is 38.5 Å². The minimum absolute atomic E-state index is 0.0293. The van der Waals surface area contributed by atoms with E-state index in [0.717, 1.165) is 58.1 Å². The lowest BCUT2D eigenvalue weighted by Gasteiger charge is -2.33. The van der Waals surface area contributed by atoms with E-state index in [1.165, 1.54) is 6.42 Å². The van der Waals surface area contributed by atoms with Crippen LogP contribution >= 0.6 is 0 Å². The largest absolute Gasteiger partial charge is 0.378 e. The Kier molecular flexibility index (Phi) is 4.48. The molecule has 1 unspecified atom stereocenters. The van der Waals surface area contributed by atoms with Crippen molar-refractivity contribution in [2.75, 3.05) is 19.7 Å². The van der Waals surface area contributed by atoms with Crippen LogP contribution in [0.3, 0.4) is 0 Å². The van der Waals surface area contributed by atoms with Crippen LogP contribution in [-0.4, -0.2) is 48.1 Å². The number of rotatable bonds is 3. The van der Waals surface area contributed by atoms with Gasteiger partial charge in [-0.3, -0.25) is 9.59 Å². The molecule has 1 atom stereocenters. The number of carbonyl (C=O) groups excluding carboxylic acids is 2. The lowest BCUT2D eigenvalue weighted by Crippen LogP contribution is -2.55. The number of amides is 2. The molecule has 0 bridgehead atoms. The summed E-state index contributed by atoms with van der Waals surface area (Å²) in [7, 11) is 0. The molecule has 0 aromatic rings. The van der Waals surface area contributed by atoms with Gasteiger partial charge in [0.1, 0.15) is 5.54 Å². The Balaban J connectivity index is 1.63. The summed E-state index contributed by atoms with van der Waals surface area (Å²) in [4.78, 5) is 26.7. The van der Waals surface area contributed by atoms with E-state index in [4.69, 9.17) is 4.74 Å². The summed E-state index contributed by atoms with van der Waals surface area (Å²) in [5, 5.41) is 3.01. The van der Waals surface area contributed by atoms with Gasteiger partial charge in [-0.15, -0.1) is 0 Å². The summed E-state index contributed by atoms with van der Waals surface area (Å²) in [5.41, 5.74) is -0.596. The summed E-state index contributed by atoms with van der Waals surface area (Å²) in [5.74, 6) is 0.170. The lowest BCUT2D eigenvalue weighted by molar-refractivity contribution is -0.139. The Bertz CT molecular complexity index is 398. The standard InChI is InChI=1S/C16H26N2O3/c19-14-7-11-18(10-6-13-5-1-4-12-21-13)15(20)16(17-14)8-2-3-9-16/h13H,1-12H2,(H,17,19). The highest BCUT2D eigenvalue weighted by atomic mass is 16.5. The van der Waals surface area contributed by atoms with Crippen molar-refractivity contribution in [2.45, 2.75) is 69.4 Å². The molecule has 2 aliphatic heterocycles. The Morgan fingerprint density at radius 3 is 2.71 bits per heavy atom. The first-order valence-corrected chi connectivity index (χ1v) is 8.42. The number of nitrogens with one attached hydrogen (secondary N) is 1. The first kappa shape index (κ1) is 14.8. The lowest BCUT2D eigenvalue weighted by atomic mass is 9.95. The van der Waals surface area contributed by atoms with Crippen molar-refractivity contribution in [1.29, 1.82) is 0 Å². The van der Waals surface area contributed by atoms with E-state index < -0.39 is 5.54 Å². The van der Waals surface area contributed by atoms with Crippen LogP contribution in [-0.2, 0) is 14.3 Å². The third kappa shape index (κ3) is 3.23. The fourth-order valence-electron chi connectivity index (χ4n) is 3.89. The van der Waals surface area contributed by atoms with Gasteiger partial charge < -0.3 is 15.0 Å². The predicted octanol–water partition coefficient (Wildman–Crippen LogP) is 1.61. The van der Waals surface area contributed by atoms with E-state index in [2.05, 4.69) is 5.32 Å². The van der Waals surface area contributed by atoms with Crippen molar-refractivity contribution in [3.8, 4) is 0 Å². The van der Waals surface area contributed by atoms with Gasteiger partial charge >= 0.3 is 0 Å². The third-order valence-electron chi connectivity index (χ3n) is 5.14. The molecule has 0 aromatic heterocycles. The van der Waals surface area contributed by atoms with Crippen LogP contribution < -0.4 is 5.32 Å². The fraction of sp³-hybridized carbons (Fsp3) is 0.875. The number of hydrogen-bond acceptors (Lipinski definition) is 3. The van der Waals surface area contributed by atoms with Crippen LogP contribution in [0.25, 0.3) is 0 Å². The van der Waals surface area contributed by atoms with Crippen LogP contribution in [0.4, 0.5) is 0 Å². The SMILES string of the molecule is O=C1CCN(CCC2CCCCO2)C(=O)C2(CCCC2)N1.